The molecule has 0 spiro atoms. The average molecular weight is 267 g/mol. The largest absolute Gasteiger partial charge is 0.478 e. The van der Waals surface area contributed by atoms with E-state index < -0.39 is 16.8 Å². The highest BCUT2D eigenvalue weighted by atomic mass is 16.6. The van der Waals surface area contributed by atoms with E-state index in [-0.39, 0.29) is 29.0 Å². The number of hydrogen-bond acceptors (Lipinski definition) is 5. The van der Waals surface area contributed by atoms with E-state index in [4.69, 9.17) is 10.8 Å². The summed E-state index contributed by atoms with van der Waals surface area (Å²) in [5.41, 5.74) is 5.07. The molecule has 0 saturated carbocycles. The summed E-state index contributed by atoms with van der Waals surface area (Å²) in [6, 6.07) is 2.26. The number of carboxylic acids is 1. The van der Waals surface area contributed by atoms with Crippen molar-refractivity contribution in [2.45, 2.75) is 6.92 Å². The maximum absolute atomic E-state index is 11.0. The van der Waals surface area contributed by atoms with Crippen LogP contribution in [0.25, 0.3) is 0 Å². The molecule has 0 unspecified atom stereocenters. The predicted octanol–water partition coefficient (Wildman–Crippen LogP) is 0.523. The molecule has 0 aliphatic heterocycles. The van der Waals surface area contributed by atoms with Gasteiger partial charge in [-0.2, -0.15) is 0 Å². The smallest absolute Gasteiger partial charge is 0.336 e. The third-order valence-corrected chi connectivity index (χ3v) is 2.60. The molecule has 0 bridgehead atoms. The molecule has 1 amide bonds. The summed E-state index contributed by atoms with van der Waals surface area (Å²) < 4.78 is 0. The summed E-state index contributed by atoms with van der Waals surface area (Å²) in [7, 11) is 1.50. The molecule has 0 saturated heterocycles. The number of carbonyl (C=O) groups is 2. The van der Waals surface area contributed by atoms with Gasteiger partial charge in [-0.1, -0.05) is 0 Å². The van der Waals surface area contributed by atoms with Gasteiger partial charge in [0.25, 0.3) is 5.69 Å². The van der Waals surface area contributed by atoms with E-state index in [1.54, 1.807) is 0 Å². The van der Waals surface area contributed by atoms with Crippen molar-refractivity contribution < 1.29 is 19.6 Å². The Morgan fingerprint density at radius 1 is 1.47 bits per heavy atom. The SMILES string of the molecule is Cc1c(N(C)CC(N)=O)cc(C(=O)O)cc1[N+](=O)[O-]. The van der Waals surface area contributed by atoms with Crippen LogP contribution in [0.4, 0.5) is 11.4 Å². The van der Waals surface area contributed by atoms with Crippen molar-refractivity contribution >= 4 is 23.3 Å². The molecule has 1 aromatic carbocycles. The van der Waals surface area contributed by atoms with Gasteiger partial charge in [0.2, 0.25) is 5.91 Å². The minimum absolute atomic E-state index is 0.166. The number of hydrogen-bond donors (Lipinski definition) is 2. The summed E-state index contributed by atoms with van der Waals surface area (Å²) in [4.78, 5) is 33.4. The van der Waals surface area contributed by atoms with Crippen molar-refractivity contribution in [2.75, 3.05) is 18.5 Å². The van der Waals surface area contributed by atoms with E-state index in [9.17, 15) is 19.7 Å². The average Bonchev–Trinajstić information content (AvgIpc) is 2.27. The van der Waals surface area contributed by atoms with Gasteiger partial charge in [-0.3, -0.25) is 14.9 Å². The number of benzene rings is 1. The Labute approximate surface area is 108 Å². The Bertz CT molecular complexity index is 556. The number of primary amides is 1. The monoisotopic (exact) mass is 267 g/mol. The van der Waals surface area contributed by atoms with Crippen LogP contribution in [-0.2, 0) is 4.79 Å². The predicted molar refractivity (Wildman–Crippen MR) is 67.3 cm³/mol. The van der Waals surface area contributed by atoms with Crippen molar-refractivity contribution in [3.8, 4) is 0 Å². The van der Waals surface area contributed by atoms with Crippen molar-refractivity contribution in [3.63, 3.8) is 0 Å². The van der Waals surface area contributed by atoms with Gasteiger partial charge in [-0.15, -0.1) is 0 Å². The van der Waals surface area contributed by atoms with Crippen LogP contribution in [0.5, 0.6) is 0 Å². The zero-order chi connectivity index (χ0) is 14.7. The van der Waals surface area contributed by atoms with Crippen LogP contribution in [0.15, 0.2) is 12.1 Å². The zero-order valence-corrected chi connectivity index (χ0v) is 10.4. The summed E-state index contributed by atoms with van der Waals surface area (Å²) in [6.07, 6.45) is 0. The minimum Gasteiger partial charge on any atom is -0.478 e. The molecule has 8 heteroatoms. The molecule has 1 aromatic rings. The van der Waals surface area contributed by atoms with Gasteiger partial charge in [0.15, 0.2) is 0 Å². The van der Waals surface area contributed by atoms with E-state index in [2.05, 4.69) is 0 Å². The number of carboxylic acid groups (broad SMARTS) is 1. The van der Waals surface area contributed by atoms with Crippen LogP contribution in [0, 0.1) is 17.0 Å². The summed E-state index contributed by atoms with van der Waals surface area (Å²) in [6.45, 7) is 1.32. The normalized spacial score (nSPS) is 10.0. The molecule has 3 N–H and O–H groups in total. The molecule has 0 fully saturated rings. The second kappa shape index (κ2) is 5.34. The second-order valence-electron chi connectivity index (χ2n) is 4.02. The summed E-state index contributed by atoms with van der Waals surface area (Å²) in [5, 5.41) is 19.8. The Morgan fingerprint density at radius 3 is 2.47 bits per heavy atom. The Morgan fingerprint density at radius 2 is 2.05 bits per heavy atom. The number of aromatic carboxylic acids is 1. The first-order valence-electron chi connectivity index (χ1n) is 5.25. The fraction of sp³-hybridized carbons (Fsp3) is 0.273. The van der Waals surface area contributed by atoms with Crippen LogP contribution < -0.4 is 10.6 Å². The number of nitro groups is 1. The Hall–Kier alpha value is -2.64. The fourth-order valence-electron chi connectivity index (χ4n) is 1.71. The van der Waals surface area contributed by atoms with Crippen molar-refractivity contribution in [1.82, 2.24) is 0 Å². The topological polar surface area (TPSA) is 127 Å². The number of nitro benzene ring substituents is 1. The lowest BCUT2D eigenvalue weighted by Gasteiger charge is -2.20. The van der Waals surface area contributed by atoms with Gasteiger partial charge in [0, 0.05) is 18.8 Å². The standard InChI is InChI=1S/C11H13N3O5/c1-6-8(13(2)5-10(12)15)3-7(11(16)17)4-9(6)14(18)19/h3-4H,5H2,1-2H3,(H2,12,15)(H,16,17). The van der Waals surface area contributed by atoms with E-state index in [1.807, 2.05) is 0 Å². The number of amides is 1. The van der Waals surface area contributed by atoms with E-state index >= 15 is 0 Å². The highest BCUT2D eigenvalue weighted by Crippen LogP contribution is 2.29. The lowest BCUT2D eigenvalue weighted by Crippen LogP contribution is -2.31. The Kier molecular flexibility index (Phi) is 4.05. The second-order valence-corrected chi connectivity index (χ2v) is 4.02. The Balaban J connectivity index is 3.40. The van der Waals surface area contributed by atoms with Crippen LogP contribution >= 0.6 is 0 Å². The zero-order valence-electron chi connectivity index (χ0n) is 10.4. The van der Waals surface area contributed by atoms with Gasteiger partial charge in [-0.05, 0) is 13.0 Å². The molecule has 19 heavy (non-hydrogen) atoms. The molecule has 0 aliphatic carbocycles. The van der Waals surface area contributed by atoms with Crippen molar-refractivity contribution in [3.05, 3.63) is 33.4 Å². The first-order chi connectivity index (χ1) is 8.73. The van der Waals surface area contributed by atoms with Crippen LogP contribution in [0.3, 0.4) is 0 Å². The summed E-state index contributed by atoms with van der Waals surface area (Å²) >= 11 is 0. The quantitative estimate of drug-likeness (QED) is 0.591. The lowest BCUT2D eigenvalue weighted by atomic mass is 10.1. The molecule has 102 valence electrons. The number of nitrogens with zero attached hydrogens (tertiary/aromatic N) is 2. The molecule has 1 rings (SSSR count). The van der Waals surface area contributed by atoms with Gasteiger partial charge < -0.3 is 15.7 Å². The third-order valence-electron chi connectivity index (χ3n) is 2.60. The van der Waals surface area contributed by atoms with Gasteiger partial charge in [-0.25, -0.2) is 4.79 Å². The molecule has 0 atom stereocenters. The molecule has 8 nitrogen and oxygen atoms in total. The summed E-state index contributed by atoms with van der Waals surface area (Å²) in [5.74, 6) is -1.90. The molecule has 0 aliphatic rings. The number of carbonyl (C=O) groups excluding carboxylic acids is 1. The van der Waals surface area contributed by atoms with E-state index in [0.29, 0.717) is 0 Å². The molecule has 0 radical (unpaired) electrons. The van der Waals surface area contributed by atoms with Gasteiger partial charge >= 0.3 is 5.97 Å². The molecule has 0 aromatic heterocycles. The number of likely N-dealkylation sites (N-methyl/N-ethyl adjacent to an activating group) is 1. The van der Waals surface area contributed by atoms with Crippen molar-refractivity contribution in [2.24, 2.45) is 5.73 Å². The minimum atomic E-state index is -1.28. The third kappa shape index (κ3) is 3.18. The fourth-order valence-corrected chi connectivity index (χ4v) is 1.71. The highest BCUT2D eigenvalue weighted by Gasteiger charge is 2.21. The van der Waals surface area contributed by atoms with Gasteiger partial charge in [0.05, 0.1) is 22.6 Å². The first kappa shape index (κ1) is 14.4. The number of anilines is 1. The molecular formula is C11H13N3O5. The van der Waals surface area contributed by atoms with Crippen LogP contribution in [0.2, 0.25) is 0 Å². The van der Waals surface area contributed by atoms with E-state index in [1.165, 1.54) is 24.9 Å². The van der Waals surface area contributed by atoms with Crippen molar-refractivity contribution in [1.29, 1.82) is 0 Å². The van der Waals surface area contributed by atoms with E-state index in [0.717, 1.165) is 6.07 Å². The lowest BCUT2D eigenvalue weighted by molar-refractivity contribution is -0.385. The molecule has 0 heterocycles. The maximum Gasteiger partial charge on any atom is 0.336 e. The highest BCUT2D eigenvalue weighted by molar-refractivity contribution is 5.91. The molecular weight excluding hydrogens is 254 g/mol. The first-order valence-corrected chi connectivity index (χ1v) is 5.25. The maximum atomic E-state index is 11.0. The van der Waals surface area contributed by atoms with Gasteiger partial charge in [0.1, 0.15) is 0 Å². The number of rotatable bonds is 5. The van der Waals surface area contributed by atoms with Crippen LogP contribution in [-0.4, -0.2) is 35.5 Å². The van der Waals surface area contributed by atoms with Crippen LogP contribution in [0.1, 0.15) is 15.9 Å². The number of nitrogens with two attached hydrogens (primary N) is 1.